The first-order valence-electron chi connectivity index (χ1n) is 7.33. The van der Waals surface area contributed by atoms with E-state index in [1.54, 1.807) is 0 Å². The molecule has 0 aromatic carbocycles. The smallest absolute Gasteiger partial charge is 0.230 e. The van der Waals surface area contributed by atoms with Crippen molar-refractivity contribution in [2.45, 2.75) is 54.0 Å². The Hall–Kier alpha value is -0.570. The first-order valence-corrected chi connectivity index (χ1v) is 7.33. The number of rotatable bonds is 5. The van der Waals surface area contributed by atoms with Gasteiger partial charge >= 0.3 is 0 Å². The van der Waals surface area contributed by atoms with Gasteiger partial charge in [0.05, 0.1) is 5.41 Å². The molecule has 0 aromatic heterocycles. The molecule has 1 atom stereocenters. The van der Waals surface area contributed by atoms with Crippen molar-refractivity contribution in [3.8, 4) is 0 Å². The quantitative estimate of drug-likeness (QED) is 0.817. The molecule has 1 N–H and O–H groups in total. The normalized spacial score (nSPS) is 24.3. The summed E-state index contributed by atoms with van der Waals surface area (Å²) in [5.41, 5.74) is -0.181. The van der Waals surface area contributed by atoms with Crippen molar-refractivity contribution in [1.82, 2.24) is 10.2 Å². The summed E-state index contributed by atoms with van der Waals surface area (Å²) in [5.74, 6) is 1.27. The molecule has 1 fully saturated rings. The molecular weight excluding hydrogens is 224 g/mol. The summed E-state index contributed by atoms with van der Waals surface area (Å²) in [6, 6.07) is 0.288. The third-order valence-electron chi connectivity index (χ3n) is 4.17. The van der Waals surface area contributed by atoms with Gasteiger partial charge in [-0.15, -0.1) is 0 Å². The van der Waals surface area contributed by atoms with Crippen LogP contribution in [0.25, 0.3) is 0 Å². The second kappa shape index (κ2) is 6.05. The van der Waals surface area contributed by atoms with Crippen molar-refractivity contribution in [2.24, 2.45) is 17.3 Å². The summed E-state index contributed by atoms with van der Waals surface area (Å²) >= 11 is 0. The third-order valence-corrected chi connectivity index (χ3v) is 4.17. The van der Waals surface area contributed by atoms with E-state index in [0.29, 0.717) is 17.7 Å². The van der Waals surface area contributed by atoms with Crippen LogP contribution < -0.4 is 5.32 Å². The summed E-state index contributed by atoms with van der Waals surface area (Å²) in [6.45, 7) is 15.6. The Kier molecular flexibility index (Phi) is 5.20. The van der Waals surface area contributed by atoms with Crippen molar-refractivity contribution >= 4 is 5.91 Å². The molecule has 0 spiro atoms. The van der Waals surface area contributed by atoms with E-state index in [4.69, 9.17) is 0 Å². The third kappa shape index (κ3) is 3.05. The fourth-order valence-corrected chi connectivity index (χ4v) is 2.84. The predicted molar refractivity (Wildman–Crippen MR) is 76.4 cm³/mol. The van der Waals surface area contributed by atoms with Gasteiger partial charge < -0.3 is 10.2 Å². The minimum absolute atomic E-state index is 0.181. The molecular formula is C15H30N2O. The van der Waals surface area contributed by atoms with E-state index in [2.05, 4.69) is 51.8 Å². The lowest BCUT2D eigenvalue weighted by Gasteiger charge is -2.39. The van der Waals surface area contributed by atoms with Crippen LogP contribution in [0.5, 0.6) is 0 Å². The van der Waals surface area contributed by atoms with Crippen LogP contribution >= 0.6 is 0 Å². The van der Waals surface area contributed by atoms with E-state index < -0.39 is 0 Å². The minimum Gasteiger partial charge on any atom is -0.339 e. The molecule has 1 heterocycles. The topological polar surface area (TPSA) is 32.3 Å². The van der Waals surface area contributed by atoms with Crippen LogP contribution in [0.1, 0.15) is 48.0 Å². The van der Waals surface area contributed by atoms with Crippen LogP contribution in [0.15, 0.2) is 0 Å². The molecule has 0 radical (unpaired) electrons. The number of hydrogen-bond donors (Lipinski definition) is 1. The zero-order chi connectivity index (χ0) is 13.9. The van der Waals surface area contributed by atoms with Crippen LogP contribution in [0.2, 0.25) is 0 Å². The predicted octanol–water partition coefficient (Wildman–Crippen LogP) is 2.52. The summed E-state index contributed by atoms with van der Waals surface area (Å²) in [7, 11) is 0. The van der Waals surface area contributed by atoms with E-state index >= 15 is 0 Å². The molecule has 1 saturated heterocycles. The summed E-state index contributed by atoms with van der Waals surface area (Å²) in [6.07, 6.45) is 0.977. The molecule has 1 amide bonds. The molecule has 0 aromatic rings. The van der Waals surface area contributed by atoms with Crippen LogP contribution in [0, 0.1) is 17.3 Å². The van der Waals surface area contributed by atoms with Crippen LogP contribution in [-0.2, 0) is 4.79 Å². The van der Waals surface area contributed by atoms with Gasteiger partial charge in [0.1, 0.15) is 0 Å². The molecule has 18 heavy (non-hydrogen) atoms. The van der Waals surface area contributed by atoms with Gasteiger partial charge in [-0.05, 0) is 38.6 Å². The molecule has 1 unspecified atom stereocenters. The average molecular weight is 254 g/mol. The van der Waals surface area contributed by atoms with Gasteiger partial charge in [-0.2, -0.15) is 0 Å². The SMILES string of the molecule is CC(C)CN(C(=O)C1(C(C)C)CCNC1)C(C)C. The van der Waals surface area contributed by atoms with Gasteiger partial charge in [0.25, 0.3) is 0 Å². The van der Waals surface area contributed by atoms with Gasteiger partial charge in [0.2, 0.25) is 5.91 Å². The number of nitrogens with one attached hydrogen (secondary N) is 1. The first kappa shape index (κ1) is 15.5. The molecule has 1 aliphatic heterocycles. The Morgan fingerprint density at radius 2 is 1.83 bits per heavy atom. The molecule has 0 bridgehead atoms. The Balaban J connectivity index is 2.92. The second-order valence-electron chi connectivity index (χ2n) is 6.68. The number of carbonyl (C=O) groups is 1. The number of carbonyl (C=O) groups excluding carboxylic acids is 1. The van der Waals surface area contributed by atoms with E-state index in [1.165, 1.54) is 0 Å². The van der Waals surface area contributed by atoms with Gasteiger partial charge in [-0.1, -0.05) is 27.7 Å². The summed E-state index contributed by atoms with van der Waals surface area (Å²) in [5, 5.41) is 3.38. The minimum atomic E-state index is -0.181. The highest BCUT2D eigenvalue weighted by Gasteiger charge is 2.46. The van der Waals surface area contributed by atoms with E-state index in [9.17, 15) is 4.79 Å². The number of hydrogen-bond acceptors (Lipinski definition) is 2. The highest BCUT2D eigenvalue weighted by atomic mass is 16.2. The standard InChI is InChI=1S/C15H30N2O/c1-11(2)9-17(13(5)6)14(18)15(12(3)4)7-8-16-10-15/h11-13,16H,7-10H2,1-6H3. The van der Waals surface area contributed by atoms with Gasteiger partial charge in [-0.3, -0.25) is 4.79 Å². The number of amides is 1. The summed E-state index contributed by atoms with van der Waals surface area (Å²) < 4.78 is 0. The van der Waals surface area contributed by atoms with Crippen LogP contribution in [-0.4, -0.2) is 36.5 Å². The van der Waals surface area contributed by atoms with Crippen LogP contribution in [0.3, 0.4) is 0 Å². The fraction of sp³-hybridized carbons (Fsp3) is 0.933. The lowest BCUT2D eigenvalue weighted by Crippen LogP contribution is -2.51. The Labute approximate surface area is 112 Å². The fourth-order valence-electron chi connectivity index (χ4n) is 2.84. The maximum absolute atomic E-state index is 13.0. The molecule has 0 saturated carbocycles. The molecule has 3 heteroatoms. The maximum Gasteiger partial charge on any atom is 0.230 e. The highest BCUT2D eigenvalue weighted by molar-refractivity contribution is 5.84. The molecule has 1 aliphatic rings. The van der Waals surface area contributed by atoms with Crippen molar-refractivity contribution in [3.63, 3.8) is 0 Å². The molecule has 1 rings (SSSR count). The van der Waals surface area contributed by atoms with Crippen molar-refractivity contribution in [1.29, 1.82) is 0 Å². The van der Waals surface area contributed by atoms with Crippen molar-refractivity contribution < 1.29 is 4.79 Å². The first-order chi connectivity index (χ1) is 8.31. The second-order valence-corrected chi connectivity index (χ2v) is 6.68. The highest BCUT2D eigenvalue weighted by Crippen LogP contribution is 2.36. The van der Waals surface area contributed by atoms with Crippen molar-refractivity contribution in [3.05, 3.63) is 0 Å². The molecule has 106 valence electrons. The van der Waals surface area contributed by atoms with Crippen LogP contribution in [0.4, 0.5) is 0 Å². The lowest BCUT2D eigenvalue weighted by molar-refractivity contribution is -0.146. The Morgan fingerprint density at radius 1 is 1.22 bits per heavy atom. The van der Waals surface area contributed by atoms with Gasteiger partial charge in [-0.25, -0.2) is 0 Å². The van der Waals surface area contributed by atoms with E-state index in [0.717, 1.165) is 26.1 Å². The zero-order valence-electron chi connectivity index (χ0n) is 12.9. The Bertz CT molecular complexity index is 278. The largest absolute Gasteiger partial charge is 0.339 e. The molecule has 0 aliphatic carbocycles. The average Bonchev–Trinajstić information content (AvgIpc) is 2.74. The van der Waals surface area contributed by atoms with E-state index in [1.807, 2.05) is 0 Å². The maximum atomic E-state index is 13.0. The van der Waals surface area contributed by atoms with E-state index in [-0.39, 0.29) is 11.5 Å². The zero-order valence-corrected chi connectivity index (χ0v) is 12.9. The lowest BCUT2D eigenvalue weighted by atomic mass is 9.75. The number of nitrogens with zero attached hydrogens (tertiary/aromatic N) is 1. The monoisotopic (exact) mass is 254 g/mol. The summed E-state index contributed by atoms with van der Waals surface area (Å²) in [4.78, 5) is 15.1. The Morgan fingerprint density at radius 3 is 2.17 bits per heavy atom. The molecule has 3 nitrogen and oxygen atoms in total. The van der Waals surface area contributed by atoms with Gasteiger partial charge in [0.15, 0.2) is 0 Å². The van der Waals surface area contributed by atoms with Gasteiger partial charge in [0, 0.05) is 19.1 Å². The van der Waals surface area contributed by atoms with Crippen molar-refractivity contribution in [2.75, 3.05) is 19.6 Å².